The molecule has 0 bridgehead atoms. The van der Waals surface area contributed by atoms with Gasteiger partial charge in [0.05, 0.1) is 11.6 Å². The van der Waals surface area contributed by atoms with Crippen LogP contribution in [0.15, 0.2) is 35.4 Å². The minimum Gasteiger partial charge on any atom is -0.456 e. The molecule has 0 saturated heterocycles. The van der Waals surface area contributed by atoms with Gasteiger partial charge in [-0.3, -0.25) is 5.10 Å². The Morgan fingerprint density at radius 3 is 2.61 bits per heavy atom. The van der Waals surface area contributed by atoms with Crippen LogP contribution in [0.4, 0.5) is 26.3 Å². The summed E-state index contributed by atoms with van der Waals surface area (Å²) in [6.45, 7) is 0. The first-order chi connectivity index (χ1) is 13.1. The van der Waals surface area contributed by atoms with Crippen molar-refractivity contribution in [1.82, 2.24) is 10.2 Å². The van der Waals surface area contributed by atoms with Crippen molar-refractivity contribution in [3.05, 3.63) is 47.4 Å². The molecule has 4 rings (SSSR count). The maximum atomic E-state index is 14.1. The van der Waals surface area contributed by atoms with E-state index < -0.39 is 52.0 Å². The first-order valence-electron chi connectivity index (χ1n) is 7.83. The molecule has 1 aliphatic carbocycles. The SMILES string of the molecule is OC1c2c(SC(F)(F)F)ccc(Oc3ccc(F)c4[nH]ncc34)c2CC1(F)F. The molecule has 148 valence electrons. The fourth-order valence-corrected chi connectivity index (χ4v) is 3.87. The highest BCUT2D eigenvalue weighted by molar-refractivity contribution is 8.00. The summed E-state index contributed by atoms with van der Waals surface area (Å²) in [4.78, 5) is -0.521. The van der Waals surface area contributed by atoms with E-state index in [0.29, 0.717) is 0 Å². The summed E-state index contributed by atoms with van der Waals surface area (Å²) in [6.07, 6.45) is -2.11. The first-order valence-corrected chi connectivity index (χ1v) is 8.65. The maximum Gasteiger partial charge on any atom is 0.446 e. The number of hydrogen-bond acceptors (Lipinski definition) is 4. The molecular formula is C17H10F6N2O2S. The zero-order valence-corrected chi connectivity index (χ0v) is 14.5. The van der Waals surface area contributed by atoms with Gasteiger partial charge in [-0.2, -0.15) is 18.3 Å². The molecule has 3 aromatic rings. The quantitative estimate of drug-likeness (QED) is 0.444. The Balaban J connectivity index is 1.81. The van der Waals surface area contributed by atoms with Crippen LogP contribution in [0.5, 0.6) is 11.5 Å². The molecule has 1 aliphatic rings. The van der Waals surface area contributed by atoms with E-state index >= 15 is 0 Å². The van der Waals surface area contributed by atoms with Gasteiger partial charge in [0, 0.05) is 22.4 Å². The number of thioether (sulfide) groups is 1. The number of aliphatic hydroxyl groups excluding tert-OH is 1. The normalized spacial score (nSPS) is 18.5. The van der Waals surface area contributed by atoms with E-state index in [1.807, 2.05) is 0 Å². The lowest BCUT2D eigenvalue weighted by molar-refractivity contribution is -0.0977. The summed E-state index contributed by atoms with van der Waals surface area (Å²) in [5, 5.41) is 16.3. The van der Waals surface area contributed by atoms with Gasteiger partial charge in [-0.05, 0) is 36.0 Å². The van der Waals surface area contributed by atoms with Crippen molar-refractivity contribution in [1.29, 1.82) is 0 Å². The van der Waals surface area contributed by atoms with Crippen molar-refractivity contribution in [3.63, 3.8) is 0 Å². The van der Waals surface area contributed by atoms with Crippen molar-refractivity contribution in [2.24, 2.45) is 0 Å². The number of hydrogen-bond donors (Lipinski definition) is 2. The number of nitrogens with zero attached hydrogens (tertiary/aromatic N) is 1. The molecule has 0 spiro atoms. The average molecular weight is 420 g/mol. The number of H-pyrrole nitrogens is 1. The Morgan fingerprint density at radius 2 is 1.89 bits per heavy atom. The van der Waals surface area contributed by atoms with E-state index in [-0.39, 0.29) is 28.0 Å². The van der Waals surface area contributed by atoms with E-state index in [9.17, 15) is 31.4 Å². The van der Waals surface area contributed by atoms with Gasteiger partial charge in [-0.15, -0.1) is 0 Å². The molecule has 2 N–H and O–H groups in total. The standard InChI is InChI=1S/C17H10F6N2O2S/c18-9-1-2-11(8-6-24-25-14(8)9)27-10-3-4-12(28-17(21,22)23)13-7(10)5-16(19,20)15(13)26/h1-4,6,15,26H,5H2,(H,24,25). The van der Waals surface area contributed by atoms with Crippen LogP contribution in [0.1, 0.15) is 17.2 Å². The fourth-order valence-electron chi connectivity index (χ4n) is 3.14. The lowest BCUT2D eigenvalue weighted by Crippen LogP contribution is -2.21. The number of benzene rings is 2. The molecule has 1 heterocycles. The van der Waals surface area contributed by atoms with Crippen LogP contribution < -0.4 is 4.74 Å². The van der Waals surface area contributed by atoms with Crippen LogP contribution in [-0.4, -0.2) is 26.7 Å². The van der Waals surface area contributed by atoms with Crippen molar-refractivity contribution in [3.8, 4) is 11.5 Å². The molecule has 1 unspecified atom stereocenters. The van der Waals surface area contributed by atoms with Crippen molar-refractivity contribution >= 4 is 22.7 Å². The molecule has 2 aromatic carbocycles. The molecule has 28 heavy (non-hydrogen) atoms. The molecule has 1 atom stereocenters. The summed E-state index contributed by atoms with van der Waals surface area (Å²) >= 11 is -0.582. The van der Waals surface area contributed by atoms with Crippen LogP contribution in [0.2, 0.25) is 0 Å². The van der Waals surface area contributed by atoms with E-state index in [0.717, 1.165) is 18.2 Å². The molecule has 0 amide bonds. The van der Waals surface area contributed by atoms with Gasteiger partial charge in [0.25, 0.3) is 5.92 Å². The summed E-state index contributed by atoms with van der Waals surface area (Å²) < 4.78 is 85.8. The number of fused-ring (bicyclic) bond motifs is 2. The van der Waals surface area contributed by atoms with Crippen molar-refractivity contribution < 1.29 is 36.2 Å². The van der Waals surface area contributed by atoms with Crippen molar-refractivity contribution in [2.45, 2.75) is 28.9 Å². The topological polar surface area (TPSA) is 58.1 Å². The predicted octanol–water partition coefficient (Wildman–Crippen LogP) is 5.33. The zero-order chi connectivity index (χ0) is 20.3. The second kappa shape index (κ2) is 6.31. The predicted molar refractivity (Wildman–Crippen MR) is 88.1 cm³/mol. The summed E-state index contributed by atoms with van der Waals surface area (Å²) in [5.41, 5.74) is -5.43. The average Bonchev–Trinajstić information content (AvgIpc) is 3.16. The van der Waals surface area contributed by atoms with E-state index in [2.05, 4.69) is 10.2 Å². The smallest absolute Gasteiger partial charge is 0.446 e. The highest BCUT2D eigenvalue weighted by Crippen LogP contribution is 2.53. The van der Waals surface area contributed by atoms with Gasteiger partial charge in [0.1, 0.15) is 28.9 Å². The molecule has 0 radical (unpaired) electrons. The highest BCUT2D eigenvalue weighted by atomic mass is 32.2. The number of rotatable bonds is 3. The lowest BCUT2D eigenvalue weighted by Gasteiger charge is -2.17. The Bertz CT molecular complexity index is 1070. The molecular weight excluding hydrogens is 410 g/mol. The zero-order valence-electron chi connectivity index (χ0n) is 13.6. The lowest BCUT2D eigenvalue weighted by atomic mass is 10.1. The minimum atomic E-state index is -4.71. The minimum absolute atomic E-state index is 0.0313. The third-order valence-corrected chi connectivity index (χ3v) is 5.14. The molecule has 1 aromatic heterocycles. The van der Waals surface area contributed by atoms with Crippen LogP contribution >= 0.6 is 11.8 Å². The Kier molecular flexibility index (Phi) is 4.27. The second-order valence-corrected chi connectivity index (χ2v) is 7.26. The summed E-state index contributed by atoms with van der Waals surface area (Å²) in [6, 6.07) is 4.41. The van der Waals surface area contributed by atoms with Crippen LogP contribution in [0, 0.1) is 5.82 Å². The Hall–Kier alpha value is -2.40. The Labute approximate surface area is 157 Å². The monoisotopic (exact) mass is 420 g/mol. The van der Waals surface area contributed by atoms with Gasteiger partial charge >= 0.3 is 5.51 Å². The van der Waals surface area contributed by atoms with Gasteiger partial charge in [-0.1, -0.05) is 0 Å². The molecule has 11 heteroatoms. The number of aromatic nitrogens is 2. The van der Waals surface area contributed by atoms with E-state index in [1.54, 1.807) is 0 Å². The molecule has 0 aliphatic heterocycles. The number of nitrogens with one attached hydrogen (secondary N) is 1. The number of alkyl halides is 5. The van der Waals surface area contributed by atoms with E-state index in [1.165, 1.54) is 12.3 Å². The van der Waals surface area contributed by atoms with Crippen molar-refractivity contribution in [2.75, 3.05) is 0 Å². The third-order valence-electron chi connectivity index (χ3n) is 4.33. The van der Waals surface area contributed by atoms with Gasteiger partial charge in [-0.25, -0.2) is 13.2 Å². The maximum absolute atomic E-state index is 14.1. The third kappa shape index (κ3) is 3.18. The molecule has 4 nitrogen and oxygen atoms in total. The fraction of sp³-hybridized carbons (Fsp3) is 0.235. The Morgan fingerprint density at radius 1 is 1.18 bits per heavy atom. The number of aliphatic hydroxyl groups is 1. The van der Waals surface area contributed by atoms with Crippen LogP contribution in [0.25, 0.3) is 10.9 Å². The highest BCUT2D eigenvalue weighted by Gasteiger charge is 2.50. The number of ether oxygens (including phenoxy) is 1. The van der Waals surface area contributed by atoms with E-state index in [4.69, 9.17) is 4.74 Å². The first kappa shape index (κ1) is 18.9. The van der Waals surface area contributed by atoms with Gasteiger partial charge in [0.2, 0.25) is 0 Å². The molecule has 0 fully saturated rings. The van der Waals surface area contributed by atoms with Gasteiger partial charge in [0.15, 0.2) is 0 Å². The van der Waals surface area contributed by atoms with Crippen LogP contribution in [0.3, 0.4) is 0 Å². The summed E-state index contributed by atoms with van der Waals surface area (Å²) in [5.74, 6) is -4.32. The second-order valence-electron chi connectivity index (χ2n) is 6.15. The summed E-state index contributed by atoms with van der Waals surface area (Å²) in [7, 11) is 0. The van der Waals surface area contributed by atoms with Crippen LogP contribution in [-0.2, 0) is 6.42 Å². The molecule has 0 saturated carbocycles. The largest absolute Gasteiger partial charge is 0.456 e. The van der Waals surface area contributed by atoms with Gasteiger partial charge < -0.3 is 9.84 Å². The number of aromatic amines is 1. The number of halogens is 6.